The number of thiazole rings is 1. The quantitative estimate of drug-likeness (QED) is 0.649. The first-order valence-corrected chi connectivity index (χ1v) is 8.46. The van der Waals surface area contributed by atoms with E-state index in [1.54, 1.807) is 5.38 Å². The molecule has 2 heterocycles. The van der Waals surface area contributed by atoms with E-state index in [0.29, 0.717) is 16.3 Å². The Morgan fingerprint density at radius 3 is 2.90 bits per heavy atom. The van der Waals surface area contributed by atoms with Crippen molar-refractivity contribution in [2.75, 3.05) is 5.73 Å². The molecular formula is C13H10BrN3O2S2. The van der Waals surface area contributed by atoms with Crippen LogP contribution in [0.1, 0.15) is 15.4 Å². The summed E-state index contributed by atoms with van der Waals surface area (Å²) in [6.07, 6.45) is 0. The maximum Gasteiger partial charge on any atom is 0.304 e. The lowest BCUT2D eigenvalue weighted by atomic mass is 10.2. The van der Waals surface area contributed by atoms with Crippen LogP contribution in [0.25, 0.3) is 10.1 Å². The second kappa shape index (κ2) is 5.63. The molecule has 5 nitrogen and oxygen atoms in total. The van der Waals surface area contributed by atoms with Gasteiger partial charge in [0.25, 0.3) is 5.91 Å². The van der Waals surface area contributed by atoms with Crippen LogP contribution in [-0.4, -0.2) is 10.9 Å². The van der Waals surface area contributed by atoms with Crippen LogP contribution in [0.5, 0.6) is 0 Å². The van der Waals surface area contributed by atoms with Crippen molar-refractivity contribution in [2.45, 2.75) is 6.54 Å². The van der Waals surface area contributed by atoms with Gasteiger partial charge in [0.1, 0.15) is 4.88 Å². The van der Waals surface area contributed by atoms with Gasteiger partial charge in [0.05, 0.1) is 12.2 Å². The third-order valence-corrected chi connectivity index (χ3v) is 5.47. The minimum Gasteiger partial charge on any atom is -0.397 e. The van der Waals surface area contributed by atoms with Crippen LogP contribution in [0.2, 0.25) is 0 Å². The van der Waals surface area contributed by atoms with Crippen molar-refractivity contribution in [3.63, 3.8) is 0 Å². The van der Waals surface area contributed by atoms with Crippen LogP contribution in [-0.2, 0) is 6.54 Å². The standard InChI is InChI=1S/C13H10BrN3O2S2/c14-7-2-1-3-8-9(7)10(15)11(21-8)12(18)16-4-6-5-20-13(19)17-6/h1-3,5H,4,15H2,(H,16,18)(H,17,19). The number of aromatic nitrogens is 1. The molecule has 21 heavy (non-hydrogen) atoms. The van der Waals surface area contributed by atoms with Crippen molar-refractivity contribution < 1.29 is 4.79 Å². The molecule has 0 aliphatic rings. The number of hydrogen-bond donors (Lipinski definition) is 3. The van der Waals surface area contributed by atoms with Gasteiger partial charge in [-0.15, -0.1) is 11.3 Å². The minimum atomic E-state index is -0.243. The van der Waals surface area contributed by atoms with E-state index in [9.17, 15) is 9.59 Å². The Morgan fingerprint density at radius 1 is 1.43 bits per heavy atom. The van der Waals surface area contributed by atoms with Crippen molar-refractivity contribution in [3.05, 3.63) is 48.3 Å². The highest BCUT2D eigenvalue weighted by atomic mass is 79.9. The largest absolute Gasteiger partial charge is 0.397 e. The van der Waals surface area contributed by atoms with E-state index in [0.717, 1.165) is 25.9 Å². The van der Waals surface area contributed by atoms with Gasteiger partial charge in [-0.2, -0.15) is 0 Å². The Balaban J connectivity index is 1.86. The van der Waals surface area contributed by atoms with Gasteiger partial charge < -0.3 is 16.0 Å². The Hall–Kier alpha value is -1.64. The van der Waals surface area contributed by atoms with Gasteiger partial charge in [0.15, 0.2) is 0 Å². The highest BCUT2D eigenvalue weighted by molar-refractivity contribution is 9.10. The van der Waals surface area contributed by atoms with Gasteiger partial charge >= 0.3 is 4.87 Å². The number of halogens is 1. The SMILES string of the molecule is Nc1c(C(=O)NCc2csc(=O)[nH]2)sc2cccc(Br)c12. The lowest BCUT2D eigenvalue weighted by molar-refractivity contribution is 0.0955. The number of nitrogens with two attached hydrogens (primary N) is 1. The van der Waals surface area contributed by atoms with Gasteiger partial charge in [0.2, 0.25) is 0 Å². The summed E-state index contributed by atoms with van der Waals surface area (Å²) < 4.78 is 1.82. The second-order valence-electron chi connectivity index (χ2n) is 4.31. The Labute approximate surface area is 135 Å². The minimum absolute atomic E-state index is 0.135. The summed E-state index contributed by atoms with van der Waals surface area (Å²) >= 11 is 5.87. The number of rotatable bonds is 3. The van der Waals surface area contributed by atoms with E-state index >= 15 is 0 Å². The summed E-state index contributed by atoms with van der Waals surface area (Å²) in [5, 5.41) is 5.31. The summed E-state index contributed by atoms with van der Waals surface area (Å²) in [7, 11) is 0. The van der Waals surface area contributed by atoms with E-state index in [-0.39, 0.29) is 17.3 Å². The number of carbonyl (C=O) groups is 1. The zero-order valence-electron chi connectivity index (χ0n) is 10.6. The molecule has 0 fully saturated rings. The zero-order valence-corrected chi connectivity index (χ0v) is 13.8. The second-order valence-corrected chi connectivity index (χ2v) is 7.06. The third-order valence-electron chi connectivity index (χ3n) is 2.92. The summed E-state index contributed by atoms with van der Waals surface area (Å²) in [5.74, 6) is -0.243. The Morgan fingerprint density at radius 2 is 2.24 bits per heavy atom. The van der Waals surface area contributed by atoms with E-state index in [4.69, 9.17) is 5.73 Å². The first-order chi connectivity index (χ1) is 10.1. The number of nitrogens with one attached hydrogen (secondary N) is 2. The van der Waals surface area contributed by atoms with Crippen molar-refractivity contribution in [3.8, 4) is 0 Å². The molecule has 1 amide bonds. The van der Waals surface area contributed by atoms with Gasteiger partial charge in [-0.1, -0.05) is 33.3 Å². The average Bonchev–Trinajstić information content (AvgIpc) is 3.01. The number of aromatic amines is 1. The molecule has 8 heteroatoms. The monoisotopic (exact) mass is 383 g/mol. The predicted molar refractivity (Wildman–Crippen MR) is 90.0 cm³/mol. The molecule has 3 rings (SSSR count). The first-order valence-electron chi connectivity index (χ1n) is 5.97. The Bertz CT molecular complexity index is 881. The molecule has 0 radical (unpaired) electrons. The van der Waals surface area contributed by atoms with Gasteiger partial charge in [-0.25, -0.2) is 0 Å². The molecule has 108 valence electrons. The van der Waals surface area contributed by atoms with E-state index < -0.39 is 0 Å². The molecule has 0 atom stereocenters. The number of nitrogen functional groups attached to an aromatic ring is 1. The normalized spacial score (nSPS) is 10.9. The molecule has 0 aliphatic carbocycles. The van der Waals surface area contributed by atoms with Crippen molar-refractivity contribution in [1.82, 2.24) is 10.3 Å². The van der Waals surface area contributed by atoms with Gasteiger partial charge in [-0.05, 0) is 12.1 Å². The summed E-state index contributed by atoms with van der Waals surface area (Å²) in [6, 6.07) is 5.72. The number of carbonyl (C=O) groups excluding carboxylic acids is 1. The maximum atomic E-state index is 12.2. The molecule has 3 aromatic rings. The van der Waals surface area contributed by atoms with E-state index in [1.807, 2.05) is 18.2 Å². The number of fused-ring (bicyclic) bond motifs is 1. The summed E-state index contributed by atoms with van der Waals surface area (Å²) in [5.41, 5.74) is 7.23. The smallest absolute Gasteiger partial charge is 0.304 e. The fraction of sp³-hybridized carbons (Fsp3) is 0.0769. The van der Waals surface area contributed by atoms with Crippen molar-refractivity contribution >= 4 is 60.3 Å². The third kappa shape index (κ3) is 2.74. The van der Waals surface area contributed by atoms with Crippen LogP contribution in [0.15, 0.2) is 32.8 Å². The highest BCUT2D eigenvalue weighted by Gasteiger charge is 2.17. The molecule has 2 aromatic heterocycles. The molecule has 0 aliphatic heterocycles. The van der Waals surface area contributed by atoms with Crippen LogP contribution in [0, 0.1) is 0 Å². The van der Waals surface area contributed by atoms with Crippen LogP contribution < -0.4 is 15.9 Å². The average molecular weight is 384 g/mol. The zero-order chi connectivity index (χ0) is 15.0. The van der Waals surface area contributed by atoms with E-state index in [2.05, 4.69) is 26.2 Å². The van der Waals surface area contributed by atoms with Gasteiger partial charge in [-0.3, -0.25) is 9.59 Å². The molecule has 0 saturated carbocycles. The molecule has 1 aromatic carbocycles. The summed E-state index contributed by atoms with van der Waals surface area (Å²) in [4.78, 5) is 26.3. The molecule has 0 unspecified atom stereocenters. The van der Waals surface area contributed by atoms with Crippen LogP contribution in [0.3, 0.4) is 0 Å². The molecular weight excluding hydrogens is 374 g/mol. The molecule has 4 N–H and O–H groups in total. The van der Waals surface area contributed by atoms with Crippen LogP contribution in [0.4, 0.5) is 5.69 Å². The first kappa shape index (κ1) is 14.3. The molecule has 0 bridgehead atoms. The fourth-order valence-electron chi connectivity index (χ4n) is 1.95. The molecule has 0 saturated heterocycles. The fourth-order valence-corrected chi connectivity index (χ4v) is 4.31. The number of anilines is 1. The Kier molecular flexibility index (Phi) is 3.83. The van der Waals surface area contributed by atoms with E-state index in [1.165, 1.54) is 11.3 Å². The number of hydrogen-bond acceptors (Lipinski definition) is 5. The number of amides is 1. The van der Waals surface area contributed by atoms with Crippen molar-refractivity contribution in [2.24, 2.45) is 0 Å². The number of benzene rings is 1. The highest BCUT2D eigenvalue weighted by Crippen LogP contribution is 2.38. The maximum absolute atomic E-state index is 12.2. The molecule has 0 spiro atoms. The topological polar surface area (TPSA) is 88.0 Å². The lowest BCUT2D eigenvalue weighted by Gasteiger charge is -2.02. The van der Waals surface area contributed by atoms with Gasteiger partial charge in [0, 0.05) is 25.6 Å². The predicted octanol–water partition coefficient (Wildman–Crippen LogP) is 2.93. The summed E-state index contributed by atoms with van der Waals surface area (Å²) in [6.45, 7) is 0.270. The van der Waals surface area contributed by atoms with Crippen molar-refractivity contribution in [1.29, 1.82) is 0 Å². The number of H-pyrrole nitrogens is 1. The number of thiophene rings is 1. The lowest BCUT2D eigenvalue weighted by Crippen LogP contribution is -2.23. The van der Waals surface area contributed by atoms with Crippen LogP contribution >= 0.6 is 38.6 Å².